The van der Waals surface area contributed by atoms with Crippen LogP contribution >= 0.6 is 0 Å². The van der Waals surface area contributed by atoms with Gasteiger partial charge in [-0.05, 0) is 26.4 Å². The van der Waals surface area contributed by atoms with Crippen LogP contribution in [0.1, 0.15) is 39.1 Å². The maximum Gasteiger partial charge on any atom is 0.151 e. The number of nitrogens with zero attached hydrogens (tertiary/aromatic N) is 2. The molecule has 1 unspecified atom stereocenters. The Morgan fingerprint density at radius 2 is 2.12 bits per heavy atom. The van der Waals surface area contributed by atoms with Gasteiger partial charge in [-0.15, -0.1) is 0 Å². The summed E-state index contributed by atoms with van der Waals surface area (Å²) in [5, 5.41) is 7.28. The molecule has 1 atom stereocenters. The minimum atomic E-state index is 0.539. The van der Waals surface area contributed by atoms with E-state index in [9.17, 15) is 0 Å². The van der Waals surface area contributed by atoms with Crippen LogP contribution < -0.4 is 5.32 Å². The largest absolute Gasteiger partial charge is 0.360 e. The van der Waals surface area contributed by atoms with Gasteiger partial charge < -0.3 is 9.84 Å². The van der Waals surface area contributed by atoms with Gasteiger partial charge in [0.25, 0.3) is 0 Å². The van der Waals surface area contributed by atoms with Crippen molar-refractivity contribution in [1.29, 1.82) is 0 Å². The molecule has 17 heavy (non-hydrogen) atoms. The van der Waals surface area contributed by atoms with E-state index in [-0.39, 0.29) is 0 Å². The predicted molar refractivity (Wildman–Crippen MR) is 69.7 cm³/mol. The molecule has 0 aliphatic carbocycles. The molecule has 1 aromatic heterocycles. The van der Waals surface area contributed by atoms with Crippen molar-refractivity contribution in [2.45, 2.75) is 46.8 Å². The number of nitrogens with one attached hydrogen (secondary N) is 1. The lowest BCUT2D eigenvalue weighted by atomic mass is 10.1. The topological polar surface area (TPSA) is 41.3 Å². The summed E-state index contributed by atoms with van der Waals surface area (Å²) in [5.74, 6) is 1.58. The van der Waals surface area contributed by atoms with Crippen LogP contribution in [-0.4, -0.2) is 29.7 Å². The standard InChI is InChI=1S/C13H25N3O/c1-6-14-8-12-7-13(17-15-12)9-16(5)11(4)10(2)3/h7,10-11,14H,6,8-9H2,1-5H3. The second-order valence-electron chi connectivity index (χ2n) is 4.96. The Hall–Kier alpha value is -0.870. The molecule has 1 rings (SSSR count). The molecule has 0 amide bonds. The van der Waals surface area contributed by atoms with Crippen LogP contribution in [0.4, 0.5) is 0 Å². The van der Waals surface area contributed by atoms with Gasteiger partial charge in [0.15, 0.2) is 5.76 Å². The van der Waals surface area contributed by atoms with Gasteiger partial charge in [-0.1, -0.05) is 25.9 Å². The molecule has 1 N–H and O–H groups in total. The summed E-state index contributed by atoms with van der Waals surface area (Å²) >= 11 is 0. The summed E-state index contributed by atoms with van der Waals surface area (Å²) in [6, 6.07) is 2.57. The summed E-state index contributed by atoms with van der Waals surface area (Å²) in [4.78, 5) is 2.29. The summed E-state index contributed by atoms with van der Waals surface area (Å²) < 4.78 is 5.33. The number of hydrogen-bond donors (Lipinski definition) is 1. The van der Waals surface area contributed by atoms with Crippen LogP contribution in [0.3, 0.4) is 0 Å². The van der Waals surface area contributed by atoms with Crippen molar-refractivity contribution in [1.82, 2.24) is 15.4 Å². The Morgan fingerprint density at radius 3 is 2.71 bits per heavy atom. The van der Waals surface area contributed by atoms with E-state index in [1.165, 1.54) is 0 Å². The minimum Gasteiger partial charge on any atom is -0.360 e. The lowest BCUT2D eigenvalue weighted by molar-refractivity contribution is 0.180. The van der Waals surface area contributed by atoms with E-state index in [0.29, 0.717) is 12.0 Å². The fourth-order valence-corrected chi connectivity index (χ4v) is 1.67. The maximum absolute atomic E-state index is 5.33. The molecular weight excluding hydrogens is 214 g/mol. The molecule has 0 saturated carbocycles. The first-order chi connectivity index (χ1) is 8.04. The number of aromatic nitrogens is 1. The van der Waals surface area contributed by atoms with Crippen molar-refractivity contribution in [3.05, 3.63) is 17.5 Å². The average Bonchev–Trinajstić information content (AvgIpc) is 2.72. The third kappa shape index (κ3) is 4.48. The van der Waals surface area contributed by atoms with Gasteiger partial charge in [0.1, 0.15) is 0 Å². The second-order valence-corrected chi connectivity index (χ2v) is 4.96. The van der Waals surface area contributed by atoms with Crippen LogP contribution in [0, 0.1) is 5.92 Å². The Labute approximate surface area is 104 Å². The summed E-state index contributed by atoms with van der Waals surface area (Å²) in [6.07, 6.45) is 0. The number of hydrogen-bond acceptors (Lipinski definition) is 4. The van der Waals surface area contributed by atoms with Crippen molar-refractivity contribution in [3.8, 4) is 0 Å². The first-order valence-corrected chi connectivity index (χ1v) is 6.40. The van der Waals surface area contributed by atoms with Gasteiger partial charge in [0.2, 0.25) is 0 Å². The first kappa shape index (κ1) is 14.2. The van der Waals surface area contributed by atoms with Crippen molar-refractivity contribution in [3.63, 3.8) is 0 Å². The fourth-order valence-electron chi connectivity index (χ4n) is 1.67. The van der Waals surface area contributed by atoms with Crippen LogP contribution in [0.25, 0.3) is 0 Å². The van der Waals surface area contributed by atoms with Crippen LogP contribution in [0.5, 0.6) is 0 Å². The highest BCUT2D eigenvalue weighted by molar-refractivity contribution is 5.05. The van der Waals surface area contributed by atoms with E-state index in [4.69, 9.17) is 4.52 Å². The van der Waals surface area contributed by atoms with Gasteiger partial charge >= 0.3 is 0 Å². The predicted octanol–water partition coefficient (Wildman–Crippen LogP) is 2.26. The molecule has 4 nitrogen and oxygen atoms in total. The molecule has 0 bridgehead atoms. The van der Waals surface area contributed by atoms with E-state index in [1.54, 1.807) is 0 Å². The molecule has 0 aromatic carbocycles. The smallest absolute Gasteiger partial charge is 0.151 e. The second kappa shape index (κ2) is 6.77. The average molecular weight is 239 g/mol. The quantitative estimate of drug-likeness (QED) is 0.792. The zero-order valence-electron chi connectivity index (χ0n) is 11.7. The molecule has 1 aromatic rings. The highest BCUT2D eigenvalue weighted by Gasteiger charge is 2.15. The maximum atomic E-state index is 5.33. The van der Waals surface area contributed by atoms with Gasteiger partial charge in [-0.25, -0.2) is 0 Å². The number of rotatable bonds is 7. The first-order valence-electron chi connectivity index (χ1n) is 6.40. The molecule has 0 saturated heterocycles. The third-order valence-electron chi connectivity index (χ3n) is 3.23. The van der Waals surface area contributed by atoms with Crippen LogP contribution in [-0.2, 0) is 13.1 Å². The molecular formula is C13H25N3O. The summed E-state index contributed by atoms with van der Waals surface area (Å²) in [6.45, 7) is 11.3. The van der Waals surface area contributed by atoms with E-state index in [0.717, 1.165) is 31.1 Å². The monoisotopic (exact) mass is 239 g/mol. The van der Waals surface area contributed by atoms with Gasteiger partial charge in [-0.2, -0.15) is 0 Å². The molecule has 0 aliphatic rings. The van der Waals surface area contributed by atoms with Crippen molar-refractivity contribution in [2.75, 3.05) is 13.6 Å². The lowest BCUT2D eigenvalue weighted by Gasteiger charge is -2.26. The fraction of sp³-hybridized carbons (Fsp3) is 0.769. The van der Waals surface area contributed by atoms with Crippen molar-refractivity contribution in [2.24, 2.45) is 5.92 Å². The highest BCUT2D eigenvalue weighted by atomic mass is 16.5. The lowest BCUT2D eigenvalue weighted by Crippen LogP contribution is -2.32. The third-order valence-corrected chi connectivity index (χ3v) is 3.23. The minimum absolute atomic E-state index is 0.539. The molecule has 98 valence electrons. The molecule has 0 spiro atoms. The van der Waals surface area contributed by atoms with Gasteiger partial charge in [0.05, 0.1) is 12.2 Å². The highest BCUT2D eigenvalue weighted by Crippen LogP contribution is 2.13. The van der Waals surface area contributed by atoms with Crippen LogP contribution in [0.15, 0.2) is 10.6 Å². The van der Waals surface area contributed by atoms with E-state index in [1.807, 2.05) is 6.07 Å². The molecule has 1 heterocycles. The van der Waals surface area contributed by atoms with E-state index in [2.05, 4.69) is 50.1 Å². The van der Waals surface area contributed by atoms with E-state index >= 15 is 0 Å². The van der Waals surface area contributed by atoms with E-state index < -0.39 is 0 Å². The van der Waals surface area contributed by atoms with Crippen molar-refractivity contribution >= 4 is 0 Å². The Balaban J connectivity index is 2.48. The zero-order chi connectivity index (χ0) is 12.8. The zero-order valence-corrected chi connectivity index (χ0v) is 11.7. The SMILES string of the molecule is CCNCc1cc(CN(C)C(C)C(C)C)on1. The van der Waals surface area contributed by atoms with Crippen LogP contribution in [0.2, 0.25) is 0 Å². The molecule has 0 radical (unpaired) electrons. The summed E-state index contributed by atoms with van der Waals surface area (Å²) in [5.41, 5.74) is 0.979. The Bertz CT molecular complexity index is 322. The normalized spacial score (nSPS) is 13.6. The molecule has 0 aliphatic heterocycles. The van der Waals surface area contributed by atoms with Gasteiger partial charge in [-0.3, -0.25) is 4.90 Å². The van der Waals surface area contributed by atoms with Crippen molar-refractivity contribution < 1.29 is 4.52 Å². The Kier molecular flexibility index (Phi) is 5.65. The molecule has 4 heteroatoms. The summed E-state index contributed by atoms with van der Waals surface area (Å²) in [7, 11) is 2.12. The molecule has 0 fully saturated rings. The Morgan fingerprint density at radius 1 is 1.41 bits per heavy atom. The van der Waals surface area contributed by atoms with Gasteiger partial charge in [0, 0.05) is 18.7 Å².